The standard InChI is InChI=1S/C24H31N3O5/c1-17(23(31)26-12-5-11-25(14-15-26)18(2)28)27-13-10-24(9-8-22(27)30)16-20(29)19-6-3-4-7-21(19)32-24/h3-4,6-7,17H,5,8-16H2,1-2H3/t17-,24-/m1/s1. The van der Waals surface area contributed by atoms with E-state index in [-0.39, 0.29) is 36.3 Å². The largest absolute Gasteiger partial charge is 0.486 e. The quantitative estimate of drug-likeness (QED) is 0.699. The number of amides is 3. The Bertz CT molecular complexity index is 932. The van der Waals surface area contributed by atoms with Gasteiger partial charge in [-0.25, -0.2) is 0 Å². The molecule has 2 saturated heterocycles. The summed E-state index contributed by atoms with van der Waals surface area (Å²) >= 11 is 0. The van der Waals surface area contributed by atoms with Gasteiger partial charge in [0.05, 0.1) is 12.0 Å². The van der Waals surface area contributed by atoms with Crippen molar-refractivity contribution in [2.75, 3.05) is 32.7 Å². The molecule has 0 radical (unpaired) electrons. The predicted molar refractivity (Wildman–Crippen MR) is 117 cm³/mol. The molecule has 0 saturated carbocycles. The van der Waals surface area contributed by atoms with Crippen molar-refractivity contribution in [1.82, 2.24) is 14.7 Å². The summed E-state index contributed by atoms with van der Waals surface area (Å²) < 4.78 is 6.28. The van der Waals surface area contributed by atoms with Crippen molar-refractivity contribution in [2.24, 2.45) is 0 Å². The van der Waals surface area contributed by atoms with E-state index in [4.69, 9.17) is 4.74 Å². The molecule has 32 heavy (non-hydrogen) atoms. The van der Waals surface area contributed by atoms with Gasteiger partial charge in [-0.2, -0.15) is 0 Å². The first-order valence-electron chi connectivity index (χ1n) is 11.4. The van der Waals surface area contributed by atoms with Crippen molar-refractivity contribution in [2.45, 2.75) is 57.6 Å². The normalized spacial score (nSPS) is 25.0. The van der Waals surface area contributed by atoms with Gasteiger partial charge < -0.3 is 19.4 Å². The minimum atomic E-state index is -0.705. The fraction of sp³-hybridized carbons (Fsp3) is 0.583. The molecule has 3 aliphatic rings. The van der Waals surface area contributed by atoms with E-state index in [1.807, 2.05) is 12.1 Å². The second kappa shape index (κ2) is 8.92. The maximum atomic E-state index is 13.2. The van der Waals surface area contributed by atoms with Crippen LogP contribution in [0.5, 0.6) is 5.75 Å². The van der Waals surface area contributed by atoms with Gasteiger partial charge in [0.25, 0.3) is 0 Å². The van der Waals surface area contributed by atoms with Crippen LogP contribution in [0.4, 0.5) is 0 Å². The van der Waals surface area contributed by atoms with Crippen LogP contribution in [-0.4, -0.2) is 82.6 Å². The van der Waals surface area contributed by atoms with E-state index in [0.717, 1.165) is 6.42 Å². The molecule has 2 fully saturated rings. The predicted octanol–water partition coefficient (Wildman–Crippen LogP) is 1.87. The fourth-order valence-corrected chi connectivity index (χ4v) is 5.03. The summed E-state index contributed by atoms with van der Waals surface area (Å²) in [6.07, 6.45) is 2.19. The lowest BCUT2D eigenvalue weighted by molar-refractivity contribution is -0.144. The van der Waals surface area contributed by atoms with Crippen LogP contribution in [0.2, 0.25) is 0 Å². The maximum Gasteiger partial charge on any atom is 0.245 e. The Morgan fingerprint density at radius 3 is 2.50 bits per heavy atom. The third-order valence-corrected chi connectivity index (χ3v) is 7.00. The summed E-state index contributed by atoms with van der Waals surface area (Å²) in [6, 6.07) is 6.65. The Kier molecular flexibility index (Phi) is 6.22. The minimum absolute atomic E-state index is 0.0175. The van der Waals surface area contributed by atoms with Crippen molar-refractivity contribution >= 4 is 23.5 Å². The fourth-order valence-electron chi connectivity index (χ4n) is 5.03. The lowest BCUT2D eigenvalue weighted by Gasteiger charge is -2.37. The molecule has 0 aliphatic carbocycles. The number of fused-ring (bicyclic) bond motifs is 1. The molecule has 172 valence electrons. The highest BCUT2D eigenvalue weighted by Crippen LogP contribution is 2.39. The third-order valence-electron chi connectivity index (χ3n) is 7.00. The molecule has 1 spiro atoms. The Labute approximate surface area is 188 Å². The SMILES string of the molecule is CC(=O)N1CCCN(C(=O)[C@@H](C)N2CC[C@]3(CCC2=O)CC(=O)c2ccccc2O3)CC1. The van der Waals surface area contributed by atoms with Gasteiger partial charge in [-0.05, 0) is 31.9 Å². The third kappa shape index (κ3) is 4.36. The summed E-state index contributed by atoms with van der Waals surface area (Å²) in [5.74, 6) is 0.456. The van der Waals surface area contributed by atoms with Crippen LogP contribution in [0.1, 0.15) is 56.3 Å². The van der Waals surface area contributed by atoms with Gasteiger partial charge >= 0.3 is 0 Å². The molecule has 0 bridgehead atoms. The van der Waals surface area contributed by atoms with Gasteiger partial charge in [0.15, 0.2) is 5.78 Å². The van der Waals surface area contributed by atoms with Crippen LogP contribution < -0.4 is 4.74 Å². The van der Waals surface area contributed by atoms with Gasteiger partial charge in [0.2, 0.25) is 17.7 Å². The highest BCUT2D eigenvalue weighted by Gasteiger charge is 2.44. The Morgan fingerprint density at radius 2 is 1.72 bits per heavy atom. The van der Waals surface area contributed by atoms with Gasteiger partial charge in [0.1, 0.15) is 17.4 Å². The molecule has 2 atom stereocenters. The van der Waals surface area contributed by atoms with E-state index in [9.17, 15) is 19.2 Å². The Morgan fingerprint density at radius 1 is 1.00 bits per heavy atom. The molecule has 0 unspecified atom stereocenters. The van der Waals surface area contributed by atoms with Crippen LogP contribution in [0.15, 0.2) is 24.3 Å². The molecular weight excluding hydrogens is 410 g/mol. The van der Waals surface area contributed by atoms with E-state index >= 15 is 0 Å². The number of nitrogens with zero attached hydrogens (tertiary/aromatic N) is 3. The molecule has 3 amide bonds. The first kappa shape index (κ1) is 22.3. The number of hydrogen-bond acceptors (Lipinski definition) is 5. The zero-order valence-electron chi connectivity index (χ0n) is 18.8. The molecule has 0 aromatic heterocycles. The van der Waals surface area contributed by atoms with E-state index in [1.165, 1.54) is 0 Å². The number of carbonyl (C=O) groups excluding carboxylic acids is 4. The molecule has 3 heterocycles. The van der Waals surface area contributed by atoms with Crippen molar-refractivity contribution in [3.63, 3.8) is 0 Å². The summed E-state index contributed by atoms with van der Waals surface area (Å²) in [5.41, 5.74) is -0.113. The molecule has 1 aromatic carbocycles. The number of carbonyl (C=O) groups is 4. The molecular formula is C24H31N3O5. The topological polar surface area (TPSA) is 87.2 Å². The molecule has 1 aromatic rings. The van der Waals surface area contributed by atoms with E-state index in [1.54, 1.807) is 40.7 Å². The number of benzene rings is 1. The summed E-state index contributed by atoms with van der Waals surface area (Å²) in [5, 5.41) is 0. The molecule has 8 nitrogen and oxygen atoms in total. The smallest absolute Gasteiger partial charge is 0.245 e. The van der Waals surface area contributed by atoms with Gasteiger partial charge in [0, 0.05) is 52.5 Å². The summed E-state index contributed by atoms with van der Waals surface area (Å²) in [4.78, 5) is 55.7. The van der Waals surface area contributed by atoms with Crippen molar-refractivity contribution in [3.8, 4) is 5.75 Å². The highest BCUT2D eigenvalue weighted by molar-refractivity contribution is 6.00. The second-order valence-electron chi connectivity index (χ2n) is 9.08. The number of ketones is 1. The maximum absolute atomic E-state index is 13.2. The molecule has 8 heteroatoms. The summed E-state index contributed by atoms with van der Waals surface area (Å²) in [7, 11) is 0. The number of likely N-dealkylation sites (tertiary alicyclic amines) is 1. The highest BCUT2D eigenvalue weighted by atomic mass is 16.5. The average Bonchev–Trinajstić information content (AvgIpc) is 3.11. The number of ether oxygens (including phenoxy) is 1. The van der Waals surface area contributed by atoms with E-state index < -0.39 is 11.6 Å². The summed E-state index contributed by atoms with van der Waals surface area (Å²) in [6.45, 7) is 5.90. The van der Waals surface area contributed by atoms with Crippen LogP contribution >= 0.6 is 0 Å². The second-order valence-corrected chi connectivity index (χ2v) is 9.08. The zero-order valence-corrected chi connectivity index (χ0v) is 18.8. The van der Waals surface area contributed by atoms with E-state index in [2.05, 4.69) is 0 Å². The van der Waals surface area contributed by atoms with Crippen molar-refractivity contribution in [3.05, 3.63) is 29.8 Å². The zero-order chi connectivity index (χ0) is 22.9. The average molecular weight is 442 g/mol. The van der Waals surface area contributed by atoms with Gasteiger partial charge in [-0.15, -0.1) is 0 Å². The van der Waals surface area contributed by atoms with Crippen LogP contribution in [0.3, 0.4) is 0 Å². The number of hydrogen-bond donors (Lipinski definition) is 0. The monoisotopic (exact) mass is 441 g/mol. The number of para-hydroxylation sites is 1. The molecule has 3 aliphatic heterocycles. The van der Waals surface area contributed by atoms with Gasteiger partial charge in [-0.1, -0.05) is 12.1 Å². The Balaban J connectivity index is 1.44. The van der Waals surface area contributed by atoms with Crippen molar-refractivity contribution < 1.29 is 23.9 Å². The first-order valence-corrected chi connectivity index (χ1v) is 11.4. The first-order chi connectivity index (χ1) is 15.3. The Hall–Kier alpha value is -2.90. The lowest BCUT2D eigenvalue weighted by Crippen LogP contribution is -2.50. The van der Waals surface area contributed by atoms with E-state index in [0.29, 0.717) is 56.9 Å². The molecule has 4 rings (SSSR count). The van der Waals surface area contributed by atoms with Crippen molar-refractivity contribution in [1.29, 1.82) is 0 Å². The van der Waals surface area contributed by atoms with Crippen LogP contribution in [-0.2, 0) is 14.4 Å². The number of Topliss-reactive ketones (excluding diaryl/α,β-unsaturated/α-hetero) is 1. The number of rotatable bonds is 2. The minimum Gasteiger partial charge on any atom is -0.486 e. The molecule has 0 N–H and O–H groups in total. The van der Waals surface area contributed by atoms with Crippen LogP contribution in [0.25, 0.3) is 0 Å². The van der Waals surface area contributed by atoms with Crippen LogP contribution in [0, 0.1) is 0 Å². The van der Waals surface area contributed by atoms with Gasteiger partial charge in [-0.3, -0.25) is 19.2 Å². The lowest BCUT2D eigenvalue weighted by atomic mass is 9.84.